The Kier molecular flexibility index (Phi) is 6.46. The van der Waals surface area contributed by atoms with Crippen LogP contribution in [0.2, 0.25) is 0 Å². The molecule has 1 saturated heterocycles. The largest absolute Gasteiger partial charge is 0.490 e. The average Bonchev–Trinajstić information content (AvgIpc) is 3.16. The van der Waals surface area contributed by atoms with Gasteiger partial charge in [0.05, 0.1) is 0 Å². The molecule has 2 aromatic rings. The number of aryl methyl sites for hydroxylation is 3. The second kappa shape index (κ2) is 9.25. The van der Waals surface area contributed by atoms with Gasteiger partial charge in [-0.25, -0.2) is 0 Å². The van der Waals surface area contributed by atoms with Gasteiger partial charge in [0, 0.05) is 5.56 Å². The fourth-order valence-corrected chi connectivity index (χ4v) is 4.64. The molecule has 0 bridgehead atoms. The molecule has 4 rings (SSSR count). The Hall–Kier alpha value is -2.28. The molecule has 162 valence electrons. The number of aliphatic hydroxyl groups excluding tert-OH is 1. The van der Waals surface area contributed by atoms with Crippen molar-refractivity contribution in [2.45, 2.75) is 33.4 Å². The van der Waals surface area contributed by atoms with E-state index in [2.05, 4.69) is 45.0 Å². The van der Waals surface area contributed by atoms with E-state index in [4.69, 9.17) is 14.2 Å². The van der Waals surface area contributed by atoms with Crippen molar-refractivity contribution < 1.29 is 29.1 Å². The fourth-order valence-electron chi connectivity index (χ4n) is 4.64. The second-order valence-electron chi connectivity index (χ2n) is 8.76. The summed E-state index contributed by atoms with van der Waals surface area (Å²) in [6.45, 7) is 13.0. The highest BCUT2D eigenvalue weighted by molar-refractivity contribution is 5.44. The summed E-state index contributed by atoms with van der Waals surface area (Å²) in [5, 5.41) is 10.5. The molecule has 30 heavy (non-hydrogen) atoms. The van der Waals surface area contributed by atoms with Crippen molar-refractivity contribution >= 4 is 0 Å². The van der Waals surface area contributed by atoms with E-state index in [9.17, 15) is 5.11 Å². The number of ether oxygens (including phenoxy) is 3. The molecule has 2 aliphatic rings. The summed E-state index contributed by atoms with van der Waals surface area (Å²) in [5.41, 5.74) is 4.79. The molecule has 1 atom stereocenters. The molecule has 2 heterocycles. The predicted molar refractivity (Wildman–Crippen MR) is 115 cm³/mol. The lowest BCUT2D eigenvalue weighted by molar-refractivity contribution is -1.02. The van der Waals surface area contributed by atoms with Crippen LogP contribution < -0.4 is 24.0 Å². The molecule has 2 aliphatic heterocycles. The van der Waals surface area contributed by atoms with Crippen LogP contribution in [0.1, 0.15) is 22.3 Å². The minimum atomic E-state index is -0.449. The molecule has 0 radical (unpaired) electrons. The zero-order valence-electron chi connectivity index (χ0n) is 18.3. The number of quaternary nitrogens is 2. The maximum absolute atomic E-state index is 10.5. The first-order valence-electron chi connectivity index (χ1n) is 10.9. The van der Waals surface area contributed by atoms with Gasteiger partial charge in [-0.15, -0.1) is 0 Å². The van der Waals surface area contributed by atoms with E-state index in [1.165, 1.54) is 16.0 Å². The summed E-state index contributed by atoms with van der Waals surface area (Å²) in [5.74, 6) is 2.61. The smallest absolute Gasteiger partial charge is 0.231 e. The summed E-state index contributed by atoms with van der Waals surface area (Å²) in [7, 11) is 0. The number of rotatable bonds is 7. The molecule has 1 fully saturated rings. The minimum Gasteiger partial charge on any atom is -0.490 e. The van der Waals surface area contributed by atoms with Crippen LogP contribution in [-0.4, -0.2) is 57.3 Å². The minimum absolute atomic E-state index is 0.322. The normalized spacial score (nSPS) is 21.5. The summed E-state index contributed by atoms with van der Waals surface area (Å²) < 4.78 is 16.9. The van der Waals surface area contributed by atoms with E-state index >= 15 is 0 Å². The molecule has 6 nitrogen and oxygen atoms in total. The van der Waals surface area contributed by atoms with Gasteiger partial charge in [0.15, 0.2) is 11.5 Å². The Morgan fingerprint density at radius 1 is 0.933 bits per heavy atom. The first-order valence-corrected chi connectivity index (χ1v) is 10.9. The Morgan fingerprint density at radius 3 is 2.33 bits per heavy atom. The van der Waals surface area contributed by atoms with Crippen LogP contribution in [0.15, 0.2) is 30.3 Å². The van der Waals surface area contributed by atoms with E-state index in [0.29, 0.717) is 13.4 Å². The second-order valence-corrected chi connectivity index (χ2v) is 8.76. The van der Waals surface area contributed by atoms with Gasteiger partial charge in [-0.3, -0.25) is 0 Å². The zero-order chi connectivity index (χ0) is 21.1. The van der Waals surface area contributed by atoms with Crippen LogP contribution in [0.5, 0.6) is 17.2 Å². The zero-order valence-corrected chi connectivity index (χ0v) is 18.3. The molecule has 2 aromatic carbocycles. The lowest BCUT2D eigenvalue weighted by atomic mass is 10.1. The Balaban J connectivity index is 1.21. The lowest BCUT2D eigenvalue weighted by Crippen LogP contribution is -3.28. The number of hydrogen-bond donors (Lipinski definition) is 3. The van der Waals surface area contributed by atoms with Gasteiger partial charge >= 0.3 is 0 Å². The topological polar surface area (TPSA) is 56.8 Å². The molecule has 0 aliphatic carbocycles. The van der Waals surface area contributed by atoms with Crippen molar-refractivity contribution in [3.63, 3.8) is 0 Å². The molecule has 1 unspecified atom stereocenters. The van der Waals surface area contributed by atoms with Gasteiger partial charge in [0.2, 0.25) is 6.79 Å². The Labute approximate surface area is 179 Å². The van der Waals surface area contributed by atoms with Gasteiger partial charge in [0.25, 0.3) is 0 Å². The summed E-state index contributed by atoms with van der Waals surface area (Å²) in [6.07, 6.45) is -0.449. The molecule has 3 N–H and O–H groups in total. The number of benzene rings is 2. The first kappa shape index (κ1) is 21.0. The first-order chi connectivity index (χ1) is 14.5. The SMILES string of the molecule is Cc1cc(C)c(OCC(O)C[NH+]2CC[NH+](Cc3ccc4c(c3)OCO4)CC2)c(C)c1. The maximum atomic E-state index is 10.5. The summed E-state index contributed by atoms with van der Waals surface area (Å²) >= 11 is 0. The van der Waals surface area contributed by atoms with E-state index in [0.717, 1.165) is 67.6 Å². The number of nitrogens with one attached hydrogen (secondary N) is 2. The molecular weight excluding hydrogens is 380 g/mol. The molecule has 0 saturated carbocycles. The van der Waals surface area contributed by atoms with Gasteiger partial charge in [0.1, 0.15) is 57.7 Å². The number of piperazine rings is 1. The van der Waals surface area contributed by atoms with Gasteiger partial charge in [-0.2, -0.15) is 0 Å². The van der Waals surface area contributed by atoms with Crippen molar-refractivity contribution in [1.82, 2.24) is 0 Å². The standard InChI is InChI=1S/C24H32N2O4/c1-17-10-18(2)24(19(3)11-17)28-15-21(27)14-26-8-6-25(7-9-26)13-20-4-5-22-23(12-20)30-16-29-22/h4-5,10-12,21,27H,6-9,13-16H2,1-3H3/p+2. The van der Waals surface area contributed by atoms with Crippen molar-refractivity contribution in [3.8, 4) is 17.2 Å². The monoisotopic (exact) mass is 414 g/mol. The predicted octanol–water partition coefficient (Wildman–Crippen LogP) is 0.0639. The van der Waals surface area contributed by atoms with Crippen molar-refractivity contribution in [1.29, 1.82) is 0 Å². The van der Waals surface area contributed by atoms with Crippen LogP contribution >= 0.6 is 0 Å². The quantitative estimate of drug-likeness (QED) is 0.600. The average molecular weight is 415 g/mol. The summed E-state index contributed by atoms with van der Waals surface area (Å²) in [4.78, 5) is 3.03. The molecule has 0 aromatic heterocycles. The summed E-state index contributed by atoms with van der Waals surface area (Å²) in [6, 6.07) is 10.5. The highest BCUT2D eigenvalue weighted by Crippen LogP contribution is 2.32. The third-order valence-electron chi connectivity index (χ3n) is 6.10. The Morgan fingerprint density at radius 2 is 1.60 bits per heavy atom. The molecular formula is C24H34N2O4+2. The van der Waals surface area contributed by atoms with Gasteiger partial charge in [-0.1, -0.05) is 17.7 Å². The molecule has 6 heteroatoms. The van der Waals surface area contributed by atoms with Gasteiger partial charge < -0.3 is 29.1 Å². The van der Waals surface area contributed by atoms with Crippen LogP contribution in [-0.2, 0) is 6.54 Å². The van der Waals surface area contributed by atoms with Crippen LogP contribution in [0.4, 0.5) is 0 Å². The van der Waals surface area contributed by atoms with Crippen LogP contribution in [0.3, 0.4) is 0 Å². The third-order valence-corrected chi connectivity index (χ3v) is 6.10. The van der Waals surface area contributed by atoms with Crippen LogP contribution in [0.25, 0.3) is 0 Å². The van der Waals surface area contributed by atoms with Crippen molar-refractivity contribution in [2.75, 3.05) is 46.1 Å². The lowest BCUT2D eigenvalue weighted by Gasteiger charge is -2.31. The highest BCUT2D eigenvalue weighted by atomic mass is 16.7. The van der Waals surface area contributed by atoms with E-state index in [-0.39, 0.29) is 0 Å². The van der Waals surface area contributed by atoms with Crippen LogP contribution in [0, 0.1) is 20.8 Å². The fraction of sp³-hybridized carbons (Fsp3) is 0.500. The number of hydrogen-bond acceptors (Lipinski definition) is 4. The number of aliphatic hydroxyl groups is 1. The highest BCUT2D eigenvalue weighted by Gasteiger charge is 2.26. The number of fused-ring (bicyclic) bond motifs is 1. The van der Waals surface area contributed by atoms with E-state index in [1.54, 1.807) is 4.90 Å². The maximum Gasteiger partial charge on any atom is 0.231 e. The van der Waals surface area contributed by atoms with E-state index in [1.807, 2.05) is 6.07 Å². The Bertz CT molecular complexity index is 854. The molecule has 0 spiro atoms. The van der Waals surface area contributed by atoms with E-state index < -0.39 is 6.10 Å². The van der Waals surface area contributed by atoms with Crippen molar-refractivity contribution in [2.24, 2.45) is 0 Å². The van der Waals surface area contributed by atoms with Crippen molar-refractivity contribution in [3.05, 3.63) is 52.6 Å². The molecule has 0 amide bonds. The van der Waals surface area contributed by atoms with Gasteiger partial charge in [-0.05, 0) is 50.1 Å². The third kappa shape index (κ3) is 5.06.